The van der Waals surface area contributed by atoms with E-state index in [1.54, 1.807) is 0 Å². The van der Waals surface area contributed by atoms with Crippen LogP contribution in [0.4, 0.5) is 0 Å². The van der Waals surface area contributed by atoms with Crippen molar-refractivity contribution in [2.45, 2.75) is 43.3 Å². The SMILES string of the molecule is O[C@@]12CC[C@]3(CO3)[C@@H]1[C@H]1CCC[C@H]12. The summed E-state index contributed by atoms with van der Waals surface area (Å²) >= 11 is 0. The van der Waals surface area contributed by atoms with E-state index >= 15 is 0 Å². The second-order valence-corrected chi connectivity index (χ2v) is 5.52. The largest absolute Gasteiger partial charge is 0.389 e. The van der Waals surface area contributed by atoms with Crippen molar-refractivity contribution >= 4 is 0 Å². The van der Waals surface area contributed by atoms with Gasteiger partial charge in [0.1, 0.15) is 0 Å². The van der Waals surface area contributed by atoms with Gasteiger partial charge in [-0.15, -0.1) is 0 Å². The molecule has 2 nitrogen and oxygen atoms in total. The van der Waals surface area contributed by atoms with Crippen molar-refractivity contribution in [2.75, 3.05) is 6.61 Å². The maximum atomic E-state index is 10.5. The molecule has 1 aliphatic heterocycles. The highest BCUT2D eigenvalue weighted by molar-refractivity contribution is 5.25. The van der Waals surface area contributed by atoms with E-state index in [2.05, 4.69) is 0 Å². The lowest BCUT2D eigenvalue weighted by Gasteiger charge is -2.53. The predicted molar refractivity (Wildman–Crippen MR) is 47.2 cm³/mol. The van der Waals surface area contributed by atoms with Gasteiger partial charge in [-0.2, -0.15) is 0 Å². The molecule has 4 rings (SSSR count). The summed E-state index contributed by atoms with van der Waals surface area (Å²) < 4.78 is 5.60. The quantitative estimate of drug-likeness (QED) is 0.570. The third kappa shape index (κ3) is 0.608. The third-order valence-corrected chi connectivity index (χ3v) is 5.21. The van der Waals surface area contributed by atoms with Crippen molar-refractivity contribution in [2.24, 2.45) is 17.8 Å². The molecule has 0 aromatic heterocycles. The normalized spacial score (nSPS) is 67.6. The Morgan fingerprint density at radius 3 is 2.85 bits per heavy atom. The van der Waals surface area contributed by atoms with E-state index < -0.39 is 0 Å². The van der Waals surface area contributed by atoms with Gasteiger partial charge in [0.15, 0.2) is 0 Å². The number of hydrogen-bond acceptors (Lipinski definition) is 2. The minimum absolute atomic E-state index is 0.167. The van der Waals surface area contributed by atoms with Gasteiger partial charge < -0.3 is 9.84 Å². The highest BCUT2D eigenvalue weighted by atomic mass is 16.6. The first-order chi connectivity index (χ1) is 6.26. The molecular formula is C11H16O2. The highest BCUT2D eigenvalue weighted by Crippen LogP contribution is 2.71. The Morgan fingerprint density at radius 1 is 1.23 bits per heavy atom. The molecule has 5 atom stereocenters. The molecule has 3 saturated carbocycles. The second-order valence-electron chi connectivity index (χ2n) is 5.52. The lowest BCUT2D eigenvalue weighted by molar-refractivity contribution is -0.179. The van der Waals surface area contributed by atoms with Gasteiger partial charge in [-0.05, 0) is 37.5 Å². The lowest BCUT2D eigenvalue weighted by Crippen LogP contribution is -2.60. The Morgan fingerprint density at radius 2 is 2.08 bits per heavy atom. The molecule has 4 aliphatic rings. The van der Waals surface area contributed by atoms with Gasteiger partial charge in [0, 0.05) is 5.92 Å². The first kappa shape index (κ1) is 7.24. The van der Waals surface area contributed by atoms with Crippen molar-refractivity contribution in [3.63, 3.8) is 0 Å². The van der Waals surface area contributed by atoms with Crippen LogP contribution < -0.4 is 0 Å². The Balaban J connectivity index is 1.76. The van der Waals surface area contributed by atoms with Crippen LogP contribution in [-0.2, 0) is 4.74 Å². The number of hydrogen-bond donors (Lipinski definition) is 1. The summed E-state index contributed by atoms with van der Waals surface area (Å²) in [4.78, 5) is 0. The van der Waals surface area contributed by atoms with Gasteiger partial charge in [-0.1, -0.05) is 6.42 Å². The molecular weight excluding hydrogens is 164 g/mol. The Hall–Kier alpha value is -0.0800. The van der Waals surface area contributed by atoms with Crippen molar-refractivity contribution < 1.29 is 9.84 Å². The number of aliphatic hydroxyl groups is 1. The van der Waals surface area contributed by atoms with E-state index in [1.165, 1.54) is 19.3 Å². The van der Waals surface area contributed by atoms with Gasteiger partial charge in [0.2, 0.25) is 0 Å². The van der Waals surface area contributed by atoms with Crippen LogP contribution >= 0.6 is 0 Å². The fourth-order valence-corrected chi connectivity index (χ4v) is 4.66. The van der Waals surface area contributed by atoms with E-state index in [-0.39, 0.29) is 11.2 Å². The average molecular weight is 180 g/mol. The molecule has 0 amide bonds. The zero-order valence-corrected chi connectivity index (χ0v) is 7.83. The molecule has 0 radical (unpaired) electrons. The van der Waals surface area contributed by atoms with Crippen molar-refractivity contribution in [3.8, 4) is 0 Å². The fraction of sp³-hybridized carbons (Fsp3) is 1.00. The Labute approximate surface area is 78.3 Å². The van der Waals surface area contributed by atoms with Gasteiger partial charge in [0.05, 0.1) is 17.8 Å². The van der Waals surface area contributed by atoms with Crippen LogP contribution in [0.15, 0.2) is 0 Å². The molecule has 72 valence electrons. The van der Waals surface area contributed by atoms with E-state index in [1.807, 2.05) is 0 Å². The van der Waals surface area contributed by atoms with Crippen LogP contribution in [0.2, 0.25) is 0 Å². The van der Waals surface area contributed by atoms with Crippen LogP contribution in [0.1, 0.15) is 32.1 Å². The number of ether oxygens (including phenoxy) is 1. The van der Waals surface area contributed by atoms with Crippen LogP contribution in [0.5, 0.6) is 0 Å². The van der Waals surface area contributed by atoms with Gasteiger partial charge in [-0.25, -0.2) is 0 Å². The summed E-state index contributed by atoms with van der Waals surface area (Å²) in [6.07, 6.45) is 6.10. The third-order valence-electron chi connectivity index (χ3n) is 5.21. The van der Waals surface area contributed by atoms with Crippen molar-refractivity contribution in [1.29, 1.82) is 0 Å². The summed E-state index contributed by atoms with van der Waals surface area (Å²) in [5.41, 5.74) is -0.127. The zero-order valence-electron chi connectivity index (χ0n) is 7.83. The molecule has 1 N–H and O–H groups in total. The molecule has 4 fully saturated rings. The minimum atomic E-state index is -0.294. The standard InChI is InChI=1S/C11H16O2/c12-11-5-4-10(6-13-10)9(11)7-2-1-3-8(7)11/h7-9,12H,1-6H2/t7-,8+,9-,10-,11+/m0/s1. The molecule has 0 unspecified atom stereocenters. The summed E-state index contributed by atoms with van der Waals surface area (Å²) in [5, 5.41) is 10.5. The first-order valence-corrected chi connectivity index (χ1v) is 5.63. The zero-order chi connectivity index (χ0) is 8.68. The summed E-state index contributed by atoms with van der Waals surface area (Å²) in [6, 6.07) is 0. The molecule has 1 spiro atoms. The summed E-state index contributed by atoms with van der Waals surface area (Å²) in [6.45, 7) is 0.934. The predicted octanol–water partition coefficient (Wildman–Crippen LogP) is 1.33. The Bertz CT molecular complexity index is 271. The maximum absolute atomic E-state index is 10.5. The van der Waals surface area contributed by atoms with Crippen LogP contribution in [0.25, 0.3) is 0 Å². The average Bonchev–Trinajstić information content (AvgIpc) is 2.64. The monoisotopic (exact) mass is 180 g/mol. The second kappa shape index (κ2) is 1.82. The van der Waals surface area contributed by atoms with Gasteiger partial charge in [0.25, 0.3) is 0 Å². The smallest absolute Gasteiger partial charge is 0.0975 e. The number of fused-ring (bicyclic) bond motifs is 5. The molecule has 2 heteroatoms. The maximum Gasteiger partial charge on any atom is 0.0975 e. The van der Waals surface area contributed by atoms with E-state index in [4.69, 9.17) is 4.74 Å². The van der Waals surface area contributed by atoms with Gasteiger partial charge >= 0.3 is 0 Å². The van der Waals surface area contributed by atoms with E-state index in [0.717, 1.165) is 25.4 Å². The molecule has 0 bridgehead atoms. The topological polar surface area (TPSA) is 32.8 Å². The summed E-state index contributed by atoms with van der Waals surface area (Å²) in [7, 11) is 0. The van der Waals surface area contributed by atoms with Crippen molar-refractivity contribution in [1.82, 2.24) is 0 Å². The first-order valence-electron chi connectivity index (χ1n) is 5.63. The lowest BCUT2D eigenvalue weighted by atomic mass is 9.54. The highest BCUT2D eigenvalue weighted by Gasteiger charge is 2.76. The molecule has 0 aromatic rings. The fourth-order valence-electron chi connectivity index (χ4n) is 4.66. The van der Waals surface area contributed by atoms with E-state index in [9.17, 15) is 5.11 Å². The minimum Gasteiger partial charge on any atom is -0.389 e. The Kier molecular flexibility index (Phi) is 1.02. The van der Waals surface area contributed by atoms with Crippen molar-refractivity contribution in [3.05, 3.63) is 0 Å². The van der Waals surface area contributed by atoms with Crippen LogP contribution in [0, 0.1) is 17.8 Å². The van der Waals surface area contributed by atoms with Gasteiger partial charge in [-0.3, -0.25) is 0 Å². The molecule has 13 heavy (non-hydrogen) atoms. The number of epoxide rings is 1. The van der Waals surface area contributed by atoms with Crippen LogP contribution in [0.3, 0.4) is 0 Å². The molecule has 1 heterocycles. The van der Waals surface area contributed by atoms with E-state index in [0.29, 0.717) is 11.8 Å². The molecule has 0 aromatic carbocycles. The molecule has 3 aliphatic carbocycles. The molecule has 1 saturated heterocycles. The number of rotatable bonds is 0. The van der Waals surface area contributed by atoms with Crippen LogP contribution in [-0.4, -0.2) is 22.9 Å². The summed E-state index contributed by atoms with van der Waals surface area (Å²) in [5.74, 6) is 1.98.